The van der Waals surface area contributed by atoms with Crippen molar-refractivity contribution < 1.29 is 0 Å². The van der Waals surface area contributed by atoms with Crippen molar-refractivity contribution in [1.29, 1.82) is 0 Å². The third kappa shape index (κ3) is 5.08. The van der Waals surface area contributed by atoms with Crippen molar-refractivity contribution >= 4 is 29.9 Å². The van der Waals surface area contributed by atoms with E-state index >= 15 is 0 Å². The highest BCUT2D eigenvalue weighted by Crippen LogP contribution is 2.26. The van der Waals surface area contributed by atoms with Crippen molar-refractivity contribution in [2.45, 2.75) is 32.1 Å². The lowest BCUT2D eigenvalue weighted by Gasteiger charge is -2.22. The van der Waals surface area contributed by atoms with Crippen molar-refractivity contribution in [3.8, 4) is 0 Å². The number of hydrogen-bond donors (Lipinski definition) is 1. The van der Waals surface area contributed by atoms with Crippen LogP contribution in [0, 0.1) is 0 Å². The van der Waals surface area contributed by atoms with Crippen LogP contribution < -0.4 is 5.32 Å². The van der Waals surface area contributed by atoms with Gasteiger partial charge in [0.2, 0.25) is 0 Å². The second-order valence-electron chi connectivity index (χ2n) is 6.66. The highest BCUT2D eigenvalue weighted by atomic mass is 127. The summed E-state index contributed by atoms with van der Waals surface area (Å²) in [4.78, 5) is 9.79. The van der Waals surface area contributed by atoms with Crippen LogP contribution in [-0.2, 0) is 7.05 Å². The van der Waals surface area contributed by atoms with Gasteiger partial charge in [-0.1, -0.05) is 0 Å². The molecule has 2 saturated heterocycles. The van der Waals surface area contributed by atoms with Gasteiger partial charge in [-0.15, -0.1) is 24.0 Å². The molecule has 0 aliphatic carbocycles. The van der Waals surface area contributed by atoms with Crippen LogP contribution >= 0.6 is 24.0 Å². The van der Waals surface area contributed by atoms with Gasteiger partial charge in [0.1, 0.15) is 0 Å². The number of halogens is 1. The summed E-state index contributed by atoms with van der Waals surface area (Å²) in [5.74, 6) is 1.66. The molecule has 1 unspecified atom stereocenters. The van der Waals surface area contributed by atoms with E-state index < -0.39 is 0 Å². The summed E-state index contributed by atoms with van der Waals surface area (Å²) in [6.45, 7) is 9.68. The lowest BCUT2D eigenvalue weighted by molar-refractivity contribution is 0.348. The van der Waals surface area contributed by atoms with Crippen LogP contribution in [-0.4, -0.2) is 71.4 Å². The van der Waals surface area contributed by atoms with Gasteiger partial charge in [0, 0.05) is 45.3 Å². The molecule has 1 N–H and O–H groups in total. The van der Waals surface area contributed by atoms with Crippen LogP contribution in [0.1, 0.15) is 37.7 Å². The first-order valence-electron chi connectivity index (χ1n) is 9.00. The summed E-state index contributed by atoms with van der Waals surface area (Å²) in [5, 5.41) is 7.77. The van der Waals surface area contributed by atoms with Crippen LogP contribution in [0.15, 0.2) is 17.4 Å². The zero-order valence-electron chi connectivity index (χ0n) is 14.9. The van der Waals surface area contributed by atoms with Gasteiger partial charge < -0.3 is 15.1 Å². The highest BCUT2D eigenvalue weighted by molar-refractivity contribution is 14.0. The van der Waals surface area contributed by atoms with Gasteiger partial charge >= 0.3 is 0 Å². The van der Waals surface area contributed by atoms with E-state index in [4.69, 9.17) is 4.99 Å². The molecule has 1 atom stereocenters. The number of likely N-dealkylation sites (tertiary alicyclic amines) is 2. The molecular weight excluding hydrogens is 415 g/mol. The number of nitrogens with zero attached hydrogens (tertiary/aromatic N) is 5. The van der Waals surface area contributed by atoms with Gasteiger partial charge in [-0.3, -0.25) is 9.67 Å². The Kier molecular flexibility index (Phi) is 7.80. The maximum absolute atomic E-state index is 4.86. The molecule has 24 heavy (non-hydrogen) atoms. The first-order valence-corrected chi connectivity index (χ1v) is 9.00. The molecule has 0 aromatic carbocycles. The second-order valence-corrected chi connectivity index (χ2v) is 6.66. The van der Waals surface area contributed by atoms with Crippen molar-refractivity contribution in [3.63, 3.8) is 0 Å². The summed E-state index contributed by atoms with van der Waals surface area (Å²) in [5.41, 5.74) is 1.35. The minimum atomic E-state index is 0. The zero-order valence-corrected chi connectivity index (χ0v) is 17.3. The molecule has 1 aromatic heterocycles. The number of aryl methyl sites for hydroxylation is 1. The molecule has 1 aromatic rings. The van der Waals surface area contributed by atoms with E-state index in [1.165, 1.54) is 37.9 Å². The Morgan fingerprint density at radius 3 is 2.79 bits per heavy atom. The molecule has 0 amide bonds. The third-order valence-electron chi connectivity index (χ3n) is 4.90. The van der Waals surface area contributed by atoms with Gasteiger partial charge in [-0.2, -0.15) is 5.10 Å². The number of guanidine groups is 1. The third-order valence-corrected chi connectivity index (χ3v) is 4.90. The van der Waals surface area contributed by atoms with E-state index in [9.17, 15) is 0 Å². The fraction of sp³-hybridized carbons (Fsp3) is 0.765. The van der Waals surface area contributed by atoms with Gasteiger partial charge in [0.15, 0.2) is 5.96 Å². The summed E-state index contributed by atoms with van der Waals surface area (Å²) in [7, 11) is 1.99. The molecule has 2 fully saturated rings. The second kappa shape index (κ2) is 9.60. The smallest absolute Gasteiger partial charge is 0.193 e. The molecule has 0 bridgehead atoms. The summed E-state index contributed by atoms with van der Waals surface area (Å²) < 4.78 is 1.90. The Labute approximate surface area is 162 Å². The van der Waals surface area contributed by atoms with E-state index in [1.807, 2.05) is 17.9 Å². The number of aliphatic imine (C=N–C) groups is 1. The highest BCUT2D eigenvalue weighted by Gasteiger charge is 2.26. The molecule has 0 saturated carbocycles. The van der Waals surface area contributed by atoms with Gasteiger partial charge in [-0.25, -0.2) is 0 Å². The molecule has 0 radical (unpaired) electrons. The molecule has 2 aliphatic rings. The number of nitrogens with one attached hydrogen (secondary N) is 1. The Bertz CT molecular complexity index is 523. The summed E-state index contributed by atoms with van der Waals surface area (Å²) >= 11 is 0. The Morgan fingerprint density at radius 2 is 2.12 bits per heavy atom. The Morgan fingerprint density at radius 1 is 1.33 bits per heavy atom. The van der Waals surface area contributed by atoms with Crippen molar-refractivity contribution in [2.24, 2.45) is 12.0 Å². The minimum absolute atomic E-state index is 0. The average Bonchev–Trinajstić information content (AvgIpc) is 3.27. The standard InChI is InChI=1S/C17H30N6.HI/c1-3-18-17(19-7-11-22-8-4-5-9-22)23-10-6-15(14-23)16-12-20-21(2)13-16;/h12-13,15H,3-11,14H2,1-2H3,(H,18,19);1H. The SMILES string of the molecule is CCNC(=NCCN1CCCC1)N1CCC(c2cnn(C)c2)C1.I. The van der Waals surface area contributed by atoms with E-state index in [-0.39, 0.29) is 24.0 Å². The number of hydrogen-bond acceptors (Lipinski definition) is 3. The molecule has 136 valence electrons. The minimum Gasteiger partial charge on any atom is -0.357 e. The topological polar surface area (TPSA) is 48.7 Å². The van der Waals surface area contributed by atoms with Crippen LogP contribution in [0.3, 0.4) is 0 Å². The molecular formula is C17H31IN6. The fourth-order valence-corrected chi connectivity index (χ4v) is 3.61. The Hall–Kier alpha value is -0.830. The number of rotatable bonds is 5. The van der Waals surface area contributed by atoms with E-state index in [2.05, 4.69) is 33.3 Å². The van der Waals surface area contributed by atoms with Crippen molar-refractivity contribution in [2.75, 3.05) is 45.8 Å². The maximum atomic E-state index is 4.86. The molecule has 7 heteroatoms. The van der Waals surface area contributed by atoms with Crippen LogP contribution in [0.5, 0.6) is 0 Å². The molecule has 3 rings (SSSR count). The largest absolute Gasteiger partial charge is 0.357 e. The molecule has 3 heterocycles. The predicted octanol–water partition coefficient (Wildman–Crippen LogP) is 1.89. The maximum Gasteiger partial charge on any atom is 0.193 e. The van der Waals surface area contributed by atoms with Crippen LogP contribution in [0.25, 0.3) is 0 Å². The van der Waals surface area contributed by atoms with E-state index in [0.717, 1.165) is 38.7 Å². The molecule has 0 spiro atoms. The van der Waals surface area contributed by atoms with E-state index in [1.54, 1.807) is 0 Å². The first-order chi connectivity index (χ1) is 11.3. The number of aromatic nitrogens is 2. The zero-order chi connectivity index (χ0) is 16.1. The van der Waals surface area contributed by atoms with Crippen molar-refractivity contribution in [3.05, 3.63) is 18.0 Å². The summed E-state index contributed by atoms with van der Waals surface area (Å²) in [6.07, 6.45) is 8.03. The fourth-order valence-electron chi connectivity index (χ4n) is 3.61. The first kappa shape index (κ1) is 19.5. The van der Waals surface area contributed by atoms with Crippen LogP contribution in [0.4, 0.5) is 0 Å². The predicted molar refractivity (Wildman–Crippen MR) is 109 cm³/mol. The van der Waals surface area contributed by atoms with Gasteiger partial charge in [0.25, 0.3) is 0 Å². The quantitative estimate of drug-likeness (QED) is 0.427. The molecule has 2 aliphatic heterocycles. The molecule has 6 nitrogen and oxygen atoms in total. The lowest BCUT2D eigenvalue weighted by Crippen LogP contribution is -2.40. The Balaban J connectivity index is 0.00000208. The van der Waals surface area contributed by atoms with Crippen LogP contribution in [0.2, 0.25) is 0 Å². The van der Waals surface area contributed by atoms with Gasteiger partial charge in [-0.05, 0) is 44.8 Å². The average molecular weight is 446 g/mol. The van der Waals surface area contributed by atoms with Gasteiger partial charge in [0.05, 0.1) is 12.7 Å². The lowest BCUT2D eigenvalue weighted by atomic mass is 10.0. The normalized spacial score (nSPS) is 22.0. The van der Waals surface area contributed by atoms with Crippen molar-refractivity contribution in [1.82, 2.24) is 24.9 Å². The monoisotopic (exact) mass is 446 g/mol. The summed E-state index contributed by atoms with van der Waals surface area (Å²) in [6, 6.07) is 0. The van der Waals surface area contributed by atoms with E-state index in [0.29, 0.717) is 5.92 Å².